The van der Waals surface area contributed by atoms with Gasteiger partial charge in [-0.25, -0.2) is 23.2 Å². The van der Waals surface area contributed by atoms with E-state index in [1.165, 1.54) is 4.40 Å². The molecule has 29 heavy (non-hydrogen) atoms. The largest absolute Gasteiger partial charge is 0.346 e. The van der Waals surface area contributed by atoms with Crippen molar-refractivity contribution in [1.29, 1.82) is 0 Å². The molecule has 0 bridgehead atoms. The fraction of sp³-hybridized carbons (Fsp3) is 0.375. The Balaban J connectivity index is 1.69. The molecular weight excluding hydrogens is 463 g/mol. The lowest BCUT2D eigenvalue weighted by atomic mass is 10.1. The number of halogens is 3. The Hall–Kier alpha value is -1.88. The van der Waals surface area contributed by atoms with Gasteiger partial charge in [0.15, 0.2) is 0 Å². The highest BCUT2D eigenvalue weighted by Gasteiger charge is 2.49. The Morgan fingerprint density at radius 3 is 2.55 bits per heavy atom. The predicted octanol–water partition coefficient (Wildman–Crippen LogP) is 3.10. The van der Waals surface area contributed by atoms with Crippen LogP contribution in [0, 0.1) is 0 Å². The number of carbonyl (C=O) groups excluding carboxylic acids is 1. The number of pyridine rings is 1. The summed E-state index contributed by atoms with van der Waals surface area (Å²) in [5.74, 6) is 0. The first kappa shape index (κ1) is 20.4. The van der Waals surface area contributed by atoms with E-state index in [9.17, 15) is 13.2 Å². The van der Waals surface area contributed by atoms with Gasteiger partial charge in [0, 0.05) is 19.3 Å². The number of amides is 1. The van der Waals surface area contributed by atoms with Crippen molar-refractivity contribution in [3.8, 4) is 0 Å². The number of likely N-dealkylation sites (tertiary alicyclic amines) is 1. The van der Waals surface area contributed by atoms with Crippen LogP contribution in [0.5, 0.6) is 0 Å². The number of aromatic nitrogens is 5. The van der Waals surface area contributed by atoms with Crippen molar-refractivity contribution in [3.63, 3.8) is 0 Å². The Morgan fingerprint density at radius 1 is 1.14 bits per heavy atom. The zero-order chi connectivity index (χ0) is 20.8. The molecule has 13 heteroatoms. The molecule has 1 fully saturated rings. The molecule has 0 spiro atoms. The number of carbonyl (C=O) groups is 1. The van der Waals surface area contributed by atoms with E-state index in [4.69, 9.17) is 34.8 Å². The van der Waals surface area contributed by atoms with Gasteiger partial charge in [0.25, 0.3) is 18.7 Å². The second-order valence-corrected chi connectivity index (χ2v) is 10.6. The molecule has 4 heterocycles. The van der Waals surface area contributed by atoms with E-state index in [-0.39, 0.29) is 10.8 Å². The molecule has 1 saturated heterocycles. The van der Waals surface area contributed by atoms with Crippen LogP contribution < -0.4 is 0 Å². The summed E-state index contributed by atoms with van der Waals surface area (Å²) in [6, 6.07) is 4.56. The SMILES string of the molecule is O=C(N1CCCCC1)n1cnc(S(=O)(=O)C(Cl)(Cl)c2nc3ccccn3c2Cl)n1. The number of nitrogens with zero attached hydrogens (tertiary/aromatic N) is 6. The van der Waals surface area contributed by atoms with Gasteiger partial charge in [-0.05, 0) is 31.4 Å². The molecule has 0 saturated carbocycles. The van der Waals surface area contributed by atoms with E-state index in [0.29, 0.717) is 18.7 Å². The second-order valence-electron chi connectivity index (χ2n) is 6.50. The molecule has 0 aliphatic carbocycles. The van der Waals surface area contributed by atoms with Gasteiger partial charge in [0.05, 0.1) is 0 Å². The number of hydrogen-bond acceptors (Lipinski definition) is 6. The number of sulfone groups is 1. The normalized spacial score (nSPS) is 15.8. The summed E-state index contributed by atoms with van der Waals surface area (Å²) in [5.41, 5.74) is 0.0968. The van der Waals surface area contributed by atoms with Crippen LogP contribution in [0.1, 0.15) is 25.0 Å². The molecule has 1 amide bonds. The fourth-order valence-electron chi connectivity index (χ4n) is 3.09. The van der Waals surface area contributed by atoms with Gasteiger partial charge in [-0.15, -0.1) is 5.10 Å². The van der Waals surface area contributed by atoms with Crippen LogP contribution in [0.25, 0.3) is 5.65 Å². The average Bonchev–Trinajstić information content (AvgIpc) is 3.34. The summed E-state index contributed by atoms with van der Waals surface area (Å²) >= 11 is 18.7. The van der Waals surface area contributed by atoms with Crippen LogP contribution >= 0.6 is 34.8 Å². The van der Waals surface area contributed by atoms with Crippen molar-refractivity contribution < 1.29 is 13.2 Å². The highest BCUT2D eigenvalue weighted by Crippen LogP contribution is 2.44. The summed E-state index contributed by atoms with van der Waals surface area (Å²) in [5, 5.41) is 3.06. The van der Waals surface area contributed by atoms with Crippen molar-refractivity contribution in [2.45, 2.75) is 28.1 Å². The van der Waals surface area contributed by atoms with Crippen molar-refractivity contribution in [3.05, 3.63) is 41.6 Å². The zero-order valence-corrected chi connectivity index (χ0v) is 18.0. The maximum atomic E-state index is 13.1. The highest BCUT2D eigenvalue weighted by atomic mass is 35.5. The molecule has 0 aromatic carbocycles. The minimum Gasteiger partial charge on any atom is -0.323 e. The van der Waals surface area contributed by atoms with Crippen LogP contribution in [0.2, 0.25) is 5.15 Å². The Bertz CT molecular complexity index is 1180. The topological polar surface area (TPSA) is 102 Å². The van der Waals surface area contributed by atoms with E-state index in [1.54, 1.807) is 29.3 Å². The number of imidazole rings is 1. The van der Waals surface area contributed by atoms with Crippen LogP contribution in [0.15, 0.2) is 35.9 Å². The molecule has 0 unspecified atom stereocenters. The van der Waals surface area contributed by atoms with E-state index < -0.39 is 24.7 Å². The highest BCUT2D eigenvalue weighted by molar-refractivity contribution is 7.94. The number of piperidine rings is 1. The third-order valence-corrected chi connectivity index (χ3v) is 8.09. The second kappa shape index (κ2) is 7.42. The van der Waals surface area contributed by atoms with E-state index in [2.05, 4.69) is 15.1 Å². The maximum absolute atomic E-state index is 13.1. The average molecular weight is 478 g/mol. The molecule has 0 N–H and O–H groups in total. The van der Waals surface area contributed by atoms with E-state index >= 15 is 0 Å². The first-order valence-electron chi connectivity index (χ1n) is 8.70. The van der Waals surface area contributed by atoms with Gasteiger partial charge in [-0.2, -0.15) is 4.68 Å². The molecule has 1 aliphatic heterocycles. The van der Waals surface area contributed by atoms with E-state index in [1.807, 2.05) is 0 Å². The number of alkyl halides is 2. The van der Waals surface area contributed by atoms with E-state index in [0.717, 1.165) is 30.3 Å². The van der Waals surface area contributed by atoms with Crippen LogP contribution in [0.3, 0.4) is 0 Å². The quantitative estimate of drug-likeness (QED) is 0.537. The Labute approximate surface area is 181 Å². The summed E-state index contributed by atoms with van der Waals surface area (Å²) in [6.07, 6.45) is 5.42. The lowest BCUT2D eigenvalue weighted by Crippen LogP contribution is -2.38. The number of fused-ring (bicyclic) bond motifs is 1. The molecule has 1 aliphatic rings. The molecule has 3 aromatic rings. The molecule has 0 atom stereocenters. The minimum atomic E-state index is -4.55. The molecular formula is C16H15Cl3N6O3S. The Morgan fingerprint density at radius 2 is 1.86 bits per heavy atom. The summed E-state index contributed by atoms with van der Waals surface area (Å²) in [6.45, 7) is 1.15. The van der Waals surface area contributed by atoms with Crippen molar-refractivity contribution in [2.75, 3.05) is 13.1 Å². The third kappa shape index (κ3) is 3.37. The van der Waals surface area contributed by atoms with Gasteiger partial charge in [-0.3, -0.25) is 4.40 Å². The number of rotatable bonds is 3. The molecule has 9 nitrogen and oxygen atoms in total. The number of hydrogen-bond donors (Lipinski definition) is 0. The first-order valence-corrected chi connectivity index (χ1v) is 11.3. The van der Waals surface area contributed by atoms with Crippen LogP contribution in [-0.4, -0.2) is 56.6 Å². The van der Waals surface area contributed by atoms with Gasteiger partial charge in [0.2, 0.25) is 0 Å². The van der Waals surface area contributed by atoms with Gasteiger partial charge in [0.1, 0.15) is 22.8 Å². The maximum Gasteiger partial charge on any atom is 0.346 e. The lowest BCUT2D eigenvalue weighted by molar-refractivity contribution is 0.184. The van der Waals surface area contributed by atoms with Gasteiger partial charge in [-0.1, -0.05) is 40.9 Å². The zero-order valence-electron chi connectivity index (χ0n) is 14.9. The lowest BCUT2D eigenvalue weighted by Gasteiger charge is -2.25. The van der Waals surface area contributed by atoms with Crippen molar-refractivity contribution in [1.82, 2.24) is 29.0 Å². The van der Waals surface area contributed by atoms with Gasteiger partial charge < -0.3 is 4.90 Å². The minimum absolute atomic E-state index is 0.0574. The molecule has 4 rings (SSSR count). The van der Waals surface area contributed by atoms with Gasteiger partial charge >= 0.3 is 6.03 Å². The van der Waals surface area contributed by atoms with Crippen LogP contribution in [0.4, 0.5) is 4.79 Å². The third-order valence-electron chi connectivity index (χ3n) is 4.62. The van der Waals surface area contributed by atoms with Crippen molar-refractivity contribution in [2.24, 2.45) is 0 Å². The molecule has 0 radical (unpaired) electrons. The van der Waals surface area contributed by atoms with Crippen LogP contribution in [-0.2, 0) is 13.5 Å². The smallest absolute Gasteiger partial charge is 0.323 e. The monoisotopic (exact) mass is 476 g/mol. The summed E-state index contributed by atoms with van der Waals surface area (Å²) in [7, 11) is -4.55. The van der Waals surface area contributed by atoms with Crippen molar-refractivity contribution >= 4 is 56.3 Å². The standard InChI is InChI=1S/C16H15Cl3N6O3S/c17-13-12(21-11-6-2-5-9-24(11)13)16(18,19)29(27,28)14-20-10-25(22-14)15(26)23-7-3-1-4-8-23/h2,5-6,9-10H,1,3-4,7-8H2. The summed E-state index contributed by atoms with van der Waals surface area (Å²) in [4.78, 5) is 22.0. The Kier molecular flexibility index (Phi) is 5.22. The predicted molar refractivity (Wildman–Crippen MR) is 107 cm³/mol. The molecule has 3 aromatic heterocycles. The fourth-order valence-corrected chi connectivity index (χ4v) is 5.25. The summed E-state index contributed by atoms with van der Waals surface area (Å²) < 4.78 is 25.9. The first-order chi connectivity index (χ1) is 13.7. The molecule has 154 valence electrons.